The van der Waals surface area contributed by atoms with Crippen LogP contribution >= 0.6 is 11.3 Å². The van der Waals surface area contributed by atoms with Crippen LogP contribution in [0.2, 0.25) is 0 Å². The van der Waals surface area contributed by atoms with E-state index in [1.54, 1.807) is 28.9 Å². The maximum absolute atomic E-state index is 14.1. The van der Waals surface area contributed by atoms with Gasteiger partial charge in [-0.05, 0) is 18.6 Å². The fourth-order valence-corrected chi connectivity index (χ4v) is 5.22. The number of hydrogen-bond acceptors (Lipinski definition) is 6. The van der Waals surface area contributed by atoms with Crippen LogP contribution in [-0.2, 0) is 7.05 Å². The van der Waals surface area contributed by atoms with E-state index in [0.717, 1.165) is 23.0 Å². The summed E-state index contributed by atoms with van der Waals surface area (Å²) in [6.07, 6.45) is 6.00. The lowest BCUT2D eigenvalue weighted by Gasteiger charge is -2.41. The van der Waals surface area contributed by atoms with E-state index >= 15 is 0 Å². The van der Waals surface area contributed by atoms with Gasteiger partial charge in [0.05, 0.1) is 31.0 Å². The Bertz CT molecular complexity index is 1150. The molecule has 0 N–H and O–H groups in total. The van der Waals surface area contributed by atoms with Crippen molar-refractivity contribution in [3.63, 3.8) is 0 Å². The normalized spacial score (nSPS) is 25.2. The predicted octanol–water partition coefficient (Wildman–Crippen LogP) is 4.07. The number of carbonyl (C=O) groups excluding carboxylic acids is 1. The van der Waals surface area contributed by atoms with Gasteiger partial charge in [-0.3, -0.25) is 4.68 Å². The first-order valence-corrected chi connectivity index (χ1v) is 11.7. The molecule has 33 heavy (non-hydrogen) atoms. The number of allylic oxidation sites excluding steroid dienone is 3. The first kappa shape index (κ1) is 21.7. The van der Waals surface area contributed by atoms with Crippen LogP contribution in [0.25, 0.3) is 11.4 Å². The van der Waals surface area contributed by atoms with Crippen molar-refractivity contribution in [2.45, 2.75) is 32.4 Å². The number of aromatic nitrogens is 3. The van der Waals surface area contributed by atoms with Crippen molar-refractivity contribution < 1.29 is 18.3 Å². The summed E-state index contributed by atoms with van der Waals surface area (Å²) in [5.41, 5.74) is 2.78. The molecule has 0 saturated carbocycles. The minimum absolute atomic E-state index is 0.170. The molecule has 2 unspecified atom stereocenters. The third-order valence-electron chi connectivity index (χ3n) is 6.38. The van der Waals surface area contributed by atoms with Crippen molar-refractivity contribution in [1.82, 2.24) is 24.7 Å². The molecule has 1 aliphatic carbocycles. The van der Waals surface area contributed by atoms with Crippen LogP contribution in [0.5, 0.6) is 5.19 Å². The highest BCUT2D eigenvalue weighted by Crippen LogP contribution is 2.37. The first-order chi connectivity index (χ1) is 15.8. The van der Waals surface area contributed by atoms with Gasteiger partial charge in [-0.15, -0.1) is 0 Å². The summed E-state index contributed by atoms with van der Waals surface area (Å²) in [6.45, 7) is 4.48. The van der Waals surface area contributed by atoms with Gasteiger partial charge < -0.3 is 9.64 Å². The highest BCUT2D eigenvalue weighted by molar-refractivity contribution is 7.11. The highest BCUT2D eigenvalue weighted by Gasteiger charge is 2.43. The molecule has 174 valence electrons. The summed E-state index contributed by atoms with van der Waals surface area (Å²) in [4.78, 5) is 19.2. The van der Waals surface area contributed by atoms with Gasteiger partial charge in [0.15, 0.2) is 0 Å². The van der Waals surface area contributed by atoms with Crippen LogP contribution in [-0.4, -0.2) is 62.2 Å². The molecule has 2 aliphatic heterocycles. The van der Waals surface area contributed by atoms with Gasteiger partial charge in [0.1, 0.15) is 23.5 Å². The van der Waals surface area contributed by atoms with E-state index in [1.807, 2.05) is 19.4 Å². The van der Waals surface area contributed by atoms with Crippen molar-refractivity contribution in [3.05, 3.63) is 40.9 Å². The first-order valence-electron chi connectivity index (χ1n) is 10.8. The third-order valence-corrected chi connectivity index (χ3v) is 7.11. The van der Waals surface area contributed by atoms with E-state index in [1.165, 1.54) is 22.4 Å². The minimum atomic E-state index is -0.614. The monoisotopic (exact) mass is 474 g/mol. The molecular formula is C22H24F2N6O2S. The molecule has 2 aromatic heterocycles. The summed E-state index contributed by atoms with van der Waals surface area (Å²) in [7, 11) is 1.87. The van der Waals surface area contributed by atoms with Gasteiger partial charge in [0, 0.05) is 43.0 Å². The molecule has 3 atom stereocenters. The zero-order chi connectivity index (χ0) is 23.3. The molecule has 0 spiro atoms. The number of urea groups is 1. The summed E-state index contributed by atoms with van der Waals surface area (Å²) in [5.74, 6) is -2.11. The maximum Gasteiger partial charge on any atom is 0.340 e. The number of ether oxygens (including phenoxy) is 1. The fraction of sp³-hybridized carbons (Fsp3) is 0.455. The lowest BCUT2D eigenvalue weighted by molar-refractivity contribution is 0.0242. The molecule has 0 bridgehead atoms. The highest BCUT2D eigenvalue weighted by atomic mass is 32.1. The van der Waals surface area contributed by atoms with Crippen LogP contribution < -0.4 is 4.74 Å². The molecule has 0 radical (unpaired) electrons. The Morgan fingerprint density at radius 2 is 2.09 bits per heavy atom. The number of likely N-dealkylation sites (tertiary alicyclic amines) is 1. The molecule has 1 fully saturated rings. The van der Waals surface area contributed by atoms with Gasteiger partial charge >= 0.3 is 6.03 Å². The number of carbonyl (C=O) groups is 1. The smallest absolute Gasteiger partial charge is 0.340 e. The zero-order valence-corrected chi connectivity index (χ0v) is 19.3. The molecule has 11 heteroatoms. The number of hydrazone groups is 1. The van der Waals surface area contributed by atoms with E-state index in [9.17, 15) is 13.6 Å². The molecule has 3 aliphatic rings. The number of halogens is 2. The molecule has 8 nitrogen and oxygen atoms in total. The maximum atomic E-state index is 14.1. The average molecular weight is 475 g/mol. The largest absolute Gasteiger partial charge is 0.463 e. The van der Waals surface area contributed by atoms with Crippen molar-refractivity contribution >= 4 is 23.6 Å². The minimum Gasteiger partial charge on any atom is -0.463 e. The Balaban J connectivity index is 1.19. The van der Waals surface area contributed by atoms with Crippen molar-refractivity contribution in [2.24, 2.45) is 24.0 Å². The second-order valence-electron chi connectivity index (χ2n) is 8.62. The van der Waals surface area contributed by atoms with Crippen LogP contribution in [0.3, 0.4) is 0 Å². The average Bonchev–Trinajstić information content (AvgIpc) is 3.47. The van der Waals surface area contributed by atoms with Gasteiger partial charge in [0.2, 0.25) is 0 Å². The second-order valence-corrected chi connectivity index (χ2v) is 9.44. The van der Waals surface area contributed by atoms with Gasteiger partial charge in [-0.1, -0.05) is 18.3 Å². The van der Waals surface area contributed by atoms with Gasteiger partial charge in [-0.2, -0.15) is 10.2 Å². The Hall–Kier alpha value is -3.08. The Labute approximate surface area is 193 Å². The lowest BCUT2D eigenvalue weighted by atomic mass is 9.82. The number of thiazole rings is 1. The number of rotatable bonds is 4. The number of nitrogens with zero attached hydrogens (tertiary/aromatic N) is 6. The van der Waals surface area contributed by atoms with Gasteiger partial charge in [0.25, 0.3) is 5.19 Å². The van der Waals surface area contributed by atoms with Crippen LogP contribution in [0.15, 0.2) is 40.5 Å². The van der Waals surface area contributed by atoms with Crippen molar-refractivity contribution in [1.29, 1.82) is 0 Å². The molecule has 4 heterocycles. The van der Waals surface area contributed by atoms with Gasteiger partial charge in [-0.25, -0.2) is 23.6 Å². The number of hydrogen-bond donors (Lipinski definition) is 0. The Morgan fingerprint density at radius 3 is 2.82 bits per heavy atom. The van der Waals surface area contributed by atoms with Crippen molar-refractivity contribution in [3.8, 4) is 16.6 Å². The SMILES string of the molecule is Cc1cnn(C)c1-c1csc(OC2CN(C(=O)N3N=CC[C@H]3C3C=C(F)C=C(F)C3C)C2)n1. The number of amides is 2. The molecule has 0 aromatic carbocycles. The quantitative estimate of drug-likeness (QED) is 0.670. The van der Waals surface area contributed by atoms with E-state index in [2.05, 4.69) is 15.2 Å². The third kappa shape index (κ3) is 3.94. The molecule has 5 rings (SSSR count). The molecule has 2 aromatic rings. The van der Waals surface area contributed by atoms with E-state index in [0.29, 0.717) is 24.7 Å². The lowest BCUT2D eigenvalue weighted by Crippen LogP contribution is -2.60. The van der Waals surface area contributed by atoms with Crippen molar-refractivity contribution in [2.75, 3.05) is 13.1 Å². The van der Waals surface area contributed by atoms with Crippen LogP contribution in [0, 0.1) is 18.8 Å². The van der Waals surface area contributed by atoms with E-state index in [-0.39, 0.29) is 12.1 Å². The molecule has 2 amide bonds. The topological polar surface area (TPSA) is 75.8 Å². The summed E-state index contributed by atoms with van der Waals surface area (Å²) in [5, 5.41) is 12.3. The summed E-state index contributed by atoms with van der Waals surface area (Å²) in [6, 6.07) is -0.698. The van der Waals surface area contributed by atoms with Crippen LogP contribution in [0.1, 0.15) is 18.9 Å². The summed E-state index contributed by atoms with van der Waals surface area (Å²) < 4.78 is 35.7. The Kier molecular flexibility index (Phi) is 5.51. The van der Waals surface area contributed by atoms with E-state index < -0.39 is 29.5 Å². The van der Waals surface area contributed by atoms with E-state index in [4.69, 9.17) is 4.74 Å². The molecular weight excluding hydrogens is 450 g/mol. The predicted molar refractivity (Wildman–Crippen MR) is 120 cm³/mol. The molecule has 1 saturated heterocycles. The number of aryl methyl sites for hydroxylation is 2. The van der Waals surface area contributed by atoms with Crippen LogP contribution in [0.4, 0.5) is 13.6 Å². The Morgan fingerprint density at radius 1 is 1.30 bits per heavy atom. The fourth-order valence-electron chi connectivity index (χ4n) is 4.50. The second kappa shape index (κ2) is 8.36. The standard InChI is InChI=1S/C22H24F2N6O2S/c1-12-8-26-28(3)20(12)18-11-33-21(27-18)32-15-9-29(10-15)22(31)30-19(4-5-25-30)16-6-14(23)7-17(24)13(16)2/h5-8,11,13,15-16,19H,4,9-10H2,1-3H3/t13?,16?,19-/m0/s1. The zero-order valence-electron chi connectivity index (χ0n) is 18.5. The summed E-state index contributed by atoms with van der Waals surface area (Å²) >= 11 is 1.40.